The number of nitrogens with zero attached hydrogens (tertiary/aromatic N) is 1. The molecule has 0 aliphatic carbocycles. The molecule has 0 aromatic rings. The minimum atomic E-state index is -0.0365. The molecule has 0 aromatic heterocycles. The van der Waals surface area contributed by atoms with E-state index in [9.17, 15) is 5.11 Å². The third-order valence-electron chi connectivity index (χ3n) is 3.45. The van der Waals surface area contributed by atoms with E-state index in [-0.39, 0.29) is 6.10 Å². The lowest BCUT2D eigenvalue weighted by Gasteiger charge is -2.34. The summed E-state index contributed by atoms with van der Waals surface area (Å²) >= 11 is 0. The highest BCUT2D eigenvalue weighted by Crippen LogP contribution is 2.13. The molecule has 2 aliphatic heterocycles. The van der Waals surface area contributed by atoms with Crippen LogP contribution in [0.3, 0.4) is 0 Å². The molecule has 0 radical (unpaired) electrons. The summed E-state index contributed by atoms with van der Waals surface area (Å²) in [4.78, 5) is 2.50. The van der Waals surface area contributed by atoms with Gasteiger partial charge in [-0.15, -0.1) is 0 Å². The highest BCUT2D eigenvalue weighted by molar-refractivity contribution is 4.79. The second-order valence-corrected chi connectivity index (χ2v) is 4.68. The summed E-state index contributed by atoms with van der Waals surface area (Å²) < 4.78 is 0. The molecule has 0 amide bonds. The molecule has 2 N–H and O–H groups in total. The van der Waals surface area contributed by atoms with Crippen molar-refractivity contribution in [1.29, 1.82) is 0 Å². The minimum absolute atomic E-state index is 0.0365. The molecular weight excluding hydrogens is 176 g/mol. The Morgan fingerprint density at radius 3 is 2.57 bits per heavy atom. The maximum absolute atomic E-state index is 9.39. The molecule has 0 bridgehead atoms. The first-order valence-corrected chi connectivity index (χ1v) is 5.98. The van der Waals surface area contributed by atoms with E-state index in [1.165, 1.54) is 32.4 Å². The Hall–Kier alpha value is -0.120. The molecule has 2 saturated heterocycles. The van der Waals surface area contributed by atoms with E-state index in [1.807, 2.05) is 0 Å². The van der Waals surface area contributed by atoms with Crippen LogP contribution in [0.5, 0.6) is 0 Å². The maximum Gasteiger partial charge on any atom is 0.0564 e. The normalized spacial score (nSPS) is 31.9. The van der Waals surface area contributed by atoms with Crippen molar-refractivity contribution in [3.63, 3.8) is 0 Å². The monoisotopic (exact) mass is 198 g/mol. The fraction of sp³-hybridized carbons (Fsp3) is 1.00. The van der Waals surface area contributed by atoms with E-state index < -0.39 is 0 Å². The van der Waals surface area contributed by atoms with Crippen LogP contribution in [0.15, 0.2) is 0 Å². The fourth-order valence-corrected chi connectivity index (χ4v) is 2.49. The molecule has 82 valence electrons. The van der Waals surface area contributed by atoms with Gasteiger partial charge in [0.15, 0.2) is 0 Å². The summed E-state index contributed by atoms with van der Waals surface area (Å²) in [5.41, 5.74) is 0. The average molecular weight is 198 g/mol. The number of hydrogen-bond donors (Lipinski definition) is 2. The molecule has 0 spiro atoms. The van der Waals surface area contributed by atoms with E-state index in [2.05, 4.69) is 10.2 Å². The Morgan fingerprint density at radius 2 is 1.93 bits per heavy atom. The Morgan fingerprint density at radius 1 is 1.14 bits per heavy atom. The van der Waals surface area contributed by atoms with Gasteiger partial charge in [-0.05, 0) is 32.2 Å². The van der Waals surface area contributed by atoms with E-state index in [4.69, 9.17) is 0 Å². The SMILES string of the molecule is OC1CCN(C[C@@H]2CCCCN2)CC1. The molecule has 2 heterocycles. The van der Waals surface area contributed by atoms with Crippen molar-refractivity contribution in [1.82, 2.24) is 10.2 Å². The summed E-state index contributed by atoms with van der Waals surface area (Å²) in [6, 6.07) is 0.707. The molecule has 2 rings (SSSR count). The zero-order valence-electron chi connectivity index (χ0n) is 8.91. The van der Waals surface area contributed by atoms with Gasteiger partial charge < -0.3 is 15.3 Å². The van der Waals surface area contributed by atoms with E-state index in [0.29, 0.717) is 6.04 Å². The second kappa shape index (κ2) is 5.10. The number of likely N-dealkylation sites (tertiary alicyclic amines) is 1. The summed E-state index contributed by atoms with van der Waals surface area (Å²) in [7, 11) is 0. The molecular formula is C11H22N2O. The topological polar surface area (TPSA) is 35.5 Å². The minimum Gasteiger partial charge on any atom is -0.393 e. The molecule has 3 heteroatoms. The quantitative estimate of drug-likeness (QED) is 0.681. The Kier molecular flexibility index (Phi) is 3.79. The number of piperidine rings is 2. The van der Waals surface area contributed by atoms with Gasteiger partial charge >= 0.3 is 0 Å². The van der Waals surface area contributed by atoms with Crippen LogP contribution in [-0.2, 0) is 0 Å². The van der Waals surface area contributed by atoms with Crippen molar-refractivity contribution >= 4 is 0 Å². The van der Waals surface area contributed by atoms with Crippen molar-refractivity contribution in [2.24, 2.45) is 0 Å². The summed E-state index contributed by atoms with van der Waals surface area (Å²) in [6.45, 7) is 4.55. The zero-order valence-corrected chi connectivity index (χ0v) is 8.91. The molecule has 0 saturated carbocycles. The molecule has 0 aromatic carbocycles. The average Bonchev–Trinajstić information content (AvgIpc) is 2.23. The molecule has 2 fully saturated rings. The summed E-state index contributed by atoms with van der Waals surface area (Å²) in [5.74, 6) is 0. The Balaban J connectivity index is 1.68. The number of hydrogen-bond acceptors (Lipinski definition) is 3. The number of aliphatic hydroxyl groups is 1. The molecule has 2 aliphatic rings. The zero-order chi connectivity index (χ0) is 9.80. The summed E-state index contributed by atoms with van der Waals surface area (Å²) in [5, 5.41) is 13.0. The molecule has 1 atom stereocenters. The van der Waals surface area contributed by atoms with Crippen LogP contribution in [0.2, 0.25) is 0 Å². The van der Waals surface area contributed by atoms with Gasteiger partial charge in [-0.2, -0.15) is 0 Å². The van der Waals surface area contributed by atoms with Crippen molar-refractivity contribution < 1.29 is 5.11 Å². The number of nitrogens with one attached hydrogen (secondary N) is 1. The van der Waals surface area contributed by atoms with E-state index in [0.717, 1.165) is 25.9 Å². The highest BCUT2D eigenvalue weighted by Gasteiger charge is 2.20. The fourth-order valence-electron chi connectivity index (χ4n) is 2.49. The third-order valence-corrected chi connectivity index (χ3v) is 3.45. The highest BCUT2D eigenvalue weighted by atomic mass is 16.3. The second-order valence-electron chi connectivity index (χ2n) is 4.68. The first kappa shape index (κ1) is 10.4. The van der Waals surface area contributed by atoms with Gasteiger partial charge in [0.25, 0.3) is 0 Å². The Bertz CT molecular complexity index is 161. The largest absolute Gasteiger partial charge is 0.393 e. The van der Waals surface area contributed by atoms with Crippen LogP contribution in [-0.4, -0.2) is 48.3 Å². The number of aliphatic hydroxyl groups excluding tert-OH is 1. The van der Waals surface area contributed by atoms with Gasteiger partial charge in [-0.25, -0.2) is 0 Å². The maximum atomic E-state index is 9.39. The molecule has 0 unspecified atom stereocenters. The van der Waals surface area contributed by atoms with Gasteiger partial charge in [-0.3, -0.25) is 0 Å². The van der Waals surface area contributed by atoms with Crippen molar-refractivity contribution in [3.8, 4) is 0 Å². The lowest BCUT2D eigenvalue weighted by molar-refractivity contribution is 0.0759. The first-order valence-electron chi connectivity index (χ1n) is 5.98. The standard InChI is InChI=1S/C11H22N2O/c14-11-4-7-13(8-5-11)9-10-3-1-2-6-12-10/h10-12,14H,1-9H2/t10-/m0/s1. The molecule has 14 heavy (non-hydrogen) atoms. The van der Waals surface area contributed by atoms with Crippen molar-refractivity contribution in [2.75, 3.05) is 26.2 Å². The van der Waals surface area contributed by atoms with Gasteiger partial charge in [0, 0.05) is 25.7 Å². The number of rotatable bonds is 2. The van der Waals surface area contributed by atoms with Crippen LogP contribution in [0.1, 0.15) is 32.1 Å². The van der Waals surface area contributed by atoms with Crippen LogP contribution >= 0.6 is 0 Å². The van der Waals surface area contributed by atoms with Crippen LogP contribution in [0.25, 0.3) is 0 Å². The van der Waals surface area contributed by atoms with Crippen LogP contribution in [0.4, 0.5) is 0 Å². The van der Waals surface area contributed by atoms with Gasteiger partial charge in [0.2, 0.25) is 0 Å². The summed E-state index contributed by atoms with van der Waals surface area (Å²) in [6.07, 6.45) is 5.95. The third kappa shape index (κ3) is 2.94. The lowest BCUT2D eigenvalue weighted by atomic mass is 10.0. The van der Waals surface area contributed by atoms with Crippen molar-refractivity contribution in [2.45, 2.75) is 44.2 Å². The predicted octanol–water partition coefficient (Wildman–Crippen LogP) is 0.585. The van der Waals surface area contributed by atoms with Gasteiger partial charge in [-0.1, -0.05) is 6.42 Å². The lowest BCUT2D eigenvalue weighted by Crippen LogP contribution is -2.46. The van der Waals surface area contributed by atoms with Crippen LogP contribution in [0, 0.1) is 0 Å². The van der Waals surface area contributed by atoms with Crippen LogP contribution < -0.4 is 5.32 Å². The van der Waals surface area contributed by atoms with Crippen molar-refractivity contribution in [3.05, 3.63) is 0 Å². The first-order chi connectivity index (χ1) is 6.84. The Labute approximate surface area is 86.5 Å². The van der Waals surface area contributed by atoms with E-state index >= 15 is 0 Å². The molecule has 3 nitrogen and oxygen atoms in total. The smallest absolute Gasteiger partial charge is 0.0564 e. The predicted molar refractivity (Wildman–Crippen MR) is 57.3 cm³/mol. The van der Waals surface area contributed by atoms with Gasteiger partial charge in [0.05, 0.1) is 6.10 Å². The van der Waals surface area contributed by atoms with Gasteiger partial charge in [0.1, 0.15) is 0 Å². The van der Waals surface area contributed by atoms with E-state index in [1.54, 1.807) is 0 Å².